The second-order valence-electron chi connectivity index (χ2n) is 2.92. The van der Waals surface area contributed by atoms with Crippen LogP contribution in [0.25, 0.3) is 11.0 Å². The summed E-state index contributed by atoms with van der Waals surface area (Å²) in [7, 11) is 1.98. The van der Waals surface area contributed by atoms with E-state index in [1.165, 1.54) is 0 Å². The molecule has 2 heterocycles. The summed E-state index contributed by atoms with van der Waals surface area (Å²) in [6.07, 6.45) is 3.57. The Kier molecular flexibility index (Phi) is 1.88. The van der Waals surface area contributed by atoms with E-state index in [1.54, 1.807) is 6.33 Å². The maximum atomic E-state index is 4.20. The highest BCUT2D eigenvalue weighted by Crippen LogP contribution is 2.18. The Labute approximate surface area is 76.6 Å². The van der Waals surface area contributed by atoms with Gasteiger partial charge in [0.2, 0.25) is 0 Å². The van der Waals surface area contributed by atoms with Gasteiger partial charge in [-0.05, 0) is 13.0 Å². The summed E-state index contributed by atoms with van der Waals surface area (Å²) in [5, 5.41) is 4.28. The fourth-order valence-corrected chi connectivity index (χ4v) is 1.39. The molecule has 1 N–H and O–H groups in total. The van der Waals surface area contributed by atoms with Crippen LogP contribution < -0.4 is 5.32 Å². The first-order valence-electron chi connectivity index (χ1n) is 4.33. The number of anilines is 1. The molecule has 0 aliphatic carbocycles. The molecule has 13 heavy (non-hydrogen) atoms. The lowest BCUT2D eigenvalue weighted by Gasteiger charge is -2.02. The van der Waals surface area contributed by atoms with E-state index >= 15 is 0 Å². The maximum absolute atomic E-state index is 4.20. The number of rotatable bonds is 2. The van der Waals surface area contributed by atoms with E-state index in [2.05, 4.69) is 22.2 Å². The fourth-order valence-electron chi connectivity index (χ4n) is 1.39. The highest BCUT2D eigenvalue weighted by molar-refractivity contribution is 5.87. The van der Waals surface area contributed by atoms with Gasteiger partial charge in [-0.3, -0.25) is 0 Å². The minimum absolute atomic E-state index is 0.876. The third kappa shape index (κ3) is 1.24. The monoisotopic (exact) mass is 176 g/mol. The molecule has 0 unspecified atom stereocenters. The third-order valence-corrected chi connectivity index (χ3v) is 2.01. The average molecular weight is 176 g/mol. The predicted octanol–water partition coefficient (Wildman–Crippen LogP) is 1.40. The summed E-state index contributed by atoms with van der Waals surface area (Å²) < 4.78 is 1.98. The number of aromatic nitrogens is 3. The minimum atomic E-state index is 0.876. The SMILES string of the molecule is CCNc1ncnc2c1ccn2C. The largest absolute Gasteiger partial charge is 0.370 e. The topological polar surface area (TPSA) is 42.7 Å². The molecule has 0 bridgehead atoms. The summed E-state index contributed by atoms with van der Waals surface area (Å²) in [4.78, 5) is 8.37. The summed E-state index contributed by atoms with van der Waals surface area (Å²) in [6.45, 7) is 2.93. The van der Waals surface area contributed by atoms with Crippen LogP contribution in [0.1, 0.15) is 6.92 Å². The van der Waals surface area contributed by atoms with Crippen molar-refractivity contribution >= 4 is 16.9 Å². The lowest BCUT2D eigenvalue weighted by atomic mass is 10.4. The van der Waals surface area contributed by atoms with Crippen molar-refractivity contribution in [2.24, 2.45) is 7.05 Å². The van der Waals surface area contributed by atoms with Crippen LogP contribution in [0.4, 0.5) is 5.82 Å². The lowest BCUT2D eigenvalue weighted by Crippen LogP contribution is -2.00. The number of nitrogens with zero attached hydrogens (tertiary/aromatic N) is 3. The molecule has 0 aliphatic heterocycles. The molecular formula is C9H12N4. The molecular weight excluding hydrogens is 164 g/mol. The molecule has 4 heteroatoms. The summed E-state index contributed by atoms with van der Waals surface area (Å²) in [5.74, 6) is 0.910. The highest BCUT2D eigenvalue weighted by atomic mass is 15.1. The molecule has 0 saturated heterocycles. The number of hydrogen-bond acceptors (Lipinski definition) is 3. The molecule has 0 aromatic carbocycles. The second kappa shape index (κ2) is 3.05. The van der Waals surface area contributed by atoms with Crippen LogP contribution in [0.15, 0.2) is 18.6 Å². The van der Waals surface area contributed by atoms with Gasteiger partial charge in [0.1, 0.15) is 17.8 Å². The van der Waals surface area contributed by atoms with E-state index in [9.17, 15) is 0 Å². The van der Waals surface area contributed by atoms with Crippen LogP contribution >= 0.6 is 0 Å². The van der Waals surface area contributed by atoms with Crippen LogP contribution in [0.2, 0.25) is 0 Å². The molecule has 0 saturated carbocycles. The van der Waals surface area contributed by atoms with E-state index in [-0.39, 0.29) is 0 Å². The van der Waals surface area contributed by atoms with Crippen molar-refractivity contribution in [2.75, 3.05) is 11.9 Å². The van der Waals surface area contributed by atoms with Gasteiger partial charge in [-0.25, -0.2) is 9.97 Å². The average Bonchev–Trinajstić information content (AvgIpc) is 2.50. The molecule has 0 amide bonds. The Morgan fingerprint density at radius 1 is 1.46 bits per heavy atom. The molecule has 0 radical (unpaired) electrons. The van der Waals surface area contributed by atoms with Crippen molar-refractivity contribution < 1.29 is 0 Å². The van der Waals surface area contributed by atoms with E-state index in [0.29, 0.717) is 0 Å². The zero-order valence-corrected chi connectivity index (χ0v) is 7.78. The maximum Gasteiger partial charge on any atom is 0.145 e. The van der Waals surface area contributed by atoms with Gasteiger partial charge in [0.15, 0.2) is 0 Å². The van der Waals surface area contributed by atoms with Gasteiger partial charge in [0.25, 0.3) is 0 Å². The molecule has 0 spiro atoms. The van der Waals surface area contributed by atoms with Gasteiger partial charge >= 0.3 is 0 Å². The molecule has 2 aromatic rings. The summed E-state index contributed by atoms with van der Waals surface area (Å²) >= 11 is 0. The Balaban J connectivity index is 2.63. The summed E-state index contributed by atoms with van der Waals surface area (Å²) in [6, 6.07) is 2.02. The van der Waals surface area contributed by atoms with Gasteiger partial charge in [0.05, 0.1) is 5.39 Å². The molecule has 0 atom stereocenters. The van der Waals surface area contributed by atoms with Crippen LogP contribution in [0, 0.1) is 0 Å². The van der Waals surface area contributed by atoms with E-state index in [1.807, 2.05) is 23.9 Å². The third-order valence-electron chi connectivity index (χ3n) is 2.01. The number of nitrogens with one attached hydrogen (secondary N) is 1. The van der Waals surface area contributed by atoms with Crippen molar-refractivity contribution in [2.45, 2.75) is 6.92 Å². The normalized spacial score (nSPS) is 10.6. The van der Waals surface area contributed by atoms with Crippen LogP contribution in [0.5, 0.6) is 0 Å². The number of hydrogen-bond donors (Lipinski definition) is 1. The Morgan fingerprint density at radius 2 is 2.31 bits per heavy atom. The molecule has 2 aromatic heterocycles. The predicted molar refractivity (Wildman–Crippen MR) is 52.7 cm³/mol. The number of aryl methyl sites for hydroxylation is 1. The Hall–Kier alpha value is -1.58. The van der Waals surface area contributed by atoms with Gasteiger partial charge in [0, 0.05) is 19.8 Å². The van der Waals surface area contributed by atoms with Crippen LogP contribution in [-0.2, 0) is 7.05 Å². The standard InChI is InChI=1S/C9H12N4/c1-3-10-8-7-4-5-13(2)9(7)12-6-11-8/h4-6H,3H2,1-2H3,(H,10,11,12). The van der Waals surface area contributed by atoms with Gasteiger partial charge in [-0.1, -0.05) is 0 Å². The quantitative estimate of drug-likeness (QED) is 0.752. The first-order chi connectivity index (χ1) is 6.33. The van der Waals surface area contributed by atoms with Crippen molar-refractivity contribution in [1.82, 2.24) is 14.5 Å². The Morgan fingerprint density at radius 3 is 3.08 bits per heavy atom. The van der Waals surface area contributed by atoms with E-state index in [0.717, 1.165) is 23.4 Å². The van der Waals surface area contributed by atoms with Crippen molar-refractivity contribution in [3.8, 4) is 0 Å². The van der Waals surface area contributed by atoms with E-state index in [4.69, 9.17) is 0 Å². The molecule has 68 valence electrons. The van der Waals surface area contributed by atoms with Crippen LogP contribution in [-0.4, -0.2) is 21.1 Å². The van der Waals surface area contributed by atoms with Gasteiger partial charge < -0.3 is 9.88 Å². The molecule has 0 fully saturated rings. The smallest absolute Gasteiger partial charge is 0.145 e. The Bertz CT molecular complexity index is 418. The molecule has 0 aliphatic rings. The van der Waals surface area contributed by atoms with Gasteiger partial charge in [-0.2, -0.15) is 0 Å². The fraction of sp³-hybridized carbons (Fsp3) is 0.333. The molecule has 4 nitrogen and oxygen atoms in total. The van der Waals surface area contributed by atoms with E-state index < -0.39 is 0 Å². The van der Waals surface area contributed by atoms with Crippen molar-refractivity contribution in [3.63, 3.8) is 0 Å². The minimum Gasteiger partial charge on any atom is -0.370 e. The second-order valence-corrected chi connectivity index (χ2v) is 2.92. The van der Waals surface area contributed by atoms with Crippen LogP contribution in [0.3, 0.4) is 0 Å². The van der Waals surface area contributed by atoms with Crippen molar-refractivity contribution in [1.29, 1.82) is 0 Å². The lowest BCUT2D eigenvalue weighted by molar-refractivity contribution is 0.943. The first kappa shape index (κ1) is 8.04. The molecule has 2 rings (SSSR count). The summed E-state index contributed by atoms with van der Waals surface area (Å²) in [5.41, 5.74) is 0.964. The number of fused-ring (bicyclic) bond motifs is 1. The highest BCUT2D eigenvalue weighted by Gasteiger charge is 2.04. The zero-order chi connectivity index (χ0) is 9.26. The zero-order valence-electron chi connectivity index (χ0n) is 7.78. The first-order valence-corrected chi connectivity index (χ1v) is 4.33. The van der Waals surface area contributed by atoms with Gasteiger partial charge in [-0.15, -0.1) is 0 Å². The van der Waals surface area contributed by atoms with Crippen molar-refractivity contribution in [3.05, 3.63) is 18.6 Å².